The number of aryl methyl sites for hydroxylation is 1. The molecular weight excluding hydrogens is 386 g/mol. The van der Waals surface area contributed by atoms with E-state index in [1.165, 1.54) is 28.9 Å². The largest absolute Gasteiger partial charge is 0.368 e. The van der Waals surface area contributed by atoms with Crippen molar-refractivity contribution in [3.8, 4) is 0 Å². The number of piperazine rings is 1. The van der Waals surface area contributed by atoms with Crippen LogP contribution in [0.15, 0.2) is 47.4 Å². The van der Waals surface area contributed by atoms with Gasteiger partial charge in [-0.3, -0.25) is 4.79 Å². The van der Waals surface area contributed by atoms with Gasteiger partial charge in [-0.05, 0) is 55.7 Å². The average Bonchev–Trinajstić information content (AvgIpc) is 2.74. The molecule has 0 radical (unpaired) electrons. The maximum absolute atomic E-state index is 12.9. The molecule has 0 aliphatic carbocycles. The summed E-state index contributed by atoms with van der Waals surface area (Å²) < 4.78 is 27.3. The van der Waals surface area contributed by atoms with E-state index in [-0.39, 0.29) is 10.8 Å². The van der Waals surface area contributed by atoms with Crippen LogP contribution in [0.3, 0.4) is 0 Å². The van der Waals surface area contributed by atoms with E-state index >= 15 is 0 Å². The van der Waals surface area contributed by atoms with Crippen LogP contribution in [-0.4, -0.2) is 51.9 Å². The lowest BCUT2D eigenvalue weighted by Crippen LogP contribution is -2.49. The van der Waals surface area contributed by atoms with Crippen molar-refractivity contribution in [3.05, 3.63) is 59.2 Å². The van der Waals surface area contributed by atoms with Gasteiger partial charge < -0.3 is 9.80 Å². The van der Waals surface area contributed by atoms with Gasteiger partial charge in [0.05, 0.1) is 4.90 Å². The fourth-order valence-electron chi connectivity index (χ4n) is 3.53. The molecule has 1 amide bonds. The third-order valence-corrected chi connectivity index (χ3v) is 6.88. The Kier molecular flexibility index (Phi) is 6.59. The lowest BCUT2D eigenvalue weighted by molar-refractivity contribution is 0.0746. The molecule has 2 aromatic rings. The Morgan fingerprint density at radius 1 is 1.03 bits per heavy atom. The number of carbonyl (C=O) groups is 1. The molecule has 1 N–H and O–H groups in total. The average molecular weight is 416 g/mol. The molecule has 0 saturated carbocycles. The van der Waals surface area contributed by atoms with Crippen LogP contribution in [0, 0.1) is 13.8 Å². The predicted octanol–water partition coefficient (Wildman–Crippen LogP) is 2.95. The Morgan fingerprint density at radius 2 is 1.72 bits per heavy atom. The molecule has 2 aromatic carbocycles. The fourth-order valence-corrected chi connectivity index (χ4v) is 4.71. The molecule has 1 saturated heterocycles. The molecule has 0 aromatic heterocycles. The highest BCUT2D eigenvalue weighted by molar-refractivity contribution is 7.89. The first-order valence-corrected chi connectivity index (χ1v) is 11.5. The van der Waals surface area contributed by atoms with Gasteiger partial charge in [0.25, 0.3) is 5.91 Å². The number of hydrogen-bond donors (Lipinski definition) is 1. The molecule has 1 heterocycles. The van der Waals surface area contributed by atoms with Gasteiger partial charge in [-0.25, -0.2) is 13.1 Å². The van der Waals surface area contributed by atoms with Crippen LogP contribution < -0.4 is 9.62 Å². The third kappa shape index (κ3) is 4.79. The highest BCUT2D eigenvalue weighted by Crippen LogP contribution is 2.24. The summed E-state index contributed by atoms with van der Waals surface area (Å²) in [6.45, 7) is 9.24. The van der Waals surface area contributed by atoms with Crippen molar-refractivity contribution in [2.24, 2.45) is 0 Å². The maximum Gasteiger partial charge on any atom is 0.254 e. The van der Waals surface area contributed by atoms with Crippen molar-refractivity contribution in [1.82, 2.24) is 9.62 Å². The monoisotopic (exact) mass is 415 g/mol. The summed E-state index contributed by atoms with van der Waals surface area (Å²) in [5, 5.41) is 0. The summed E-state index contributed by atoms with van der Waals surface area (Å²) >= 11 is 0. The van der Waals surface area contributed by atoms with Crippen molar-refractivity contribution >= 4 is 21.6 Å². The molecule has 1 aliphatic rings. The van der Waals surface area contributed by atoms with E-state index < -0.39 is 10.0 Å². The Bertz CT molecular complexity index is 981. The lowest BCUT2D eigenvalue weighted by atomic mass is 10.1. The van der Waals surface area contributed by atoms with Crippen LogP contribution in [0.5, 0.6) is 0 Å². The normalized spacial score (nSPS) is 14.9. The smallest absolute Gasteiger partial charge is 0.254 e. The summed E-state index contributed by atoms with van der Waals surface area (Å²) in [6.07, 6.45) is 0.711. The minimum absolute atomic E-state index is 0.127. The van der Waals surface area contributed by atoms with Crippen molar-refractivity contribution < 1.29 is 13.2 Å². The summed E-state index contributed by atoms with van der Waals surface area (Å²) in [5.74, 6) is -0.127. The van der Waals surface area contributed by atoms with E-state index in [1.54, 1.807) is 17.0 Å². The summed E-state index contributed by atoms with van der Waals surface area (Å²) in [6, 6.07) is 12.6. The Hall–Kier alpha value is -2.38. The molecular formula is C22H29N3O3S. The maximum atomic E-state index is 12.9. The molecule has 1 fully saturated rings. The second-order valence-corrected chi connectivity index (χ2v) is 9.19. The van der Waals surface area contributed by atoms with Crippen LogP contribution in [0.2, 0.25) is 0 Å². The molecule has 156 valence electrons. The minimum atomic E-state index is -3.59. The van der Waals surface area contributed by atoms with Crippen molar-refractivity contribution in [1.29, 1.82) is 0 Å². The molecule has 0 bridgehead atoms. The quantitative estimate of drug-likeness (QED) is 0.788. The first-order chi connectivity index (χ1) is 13.8. The van der Waals surface area contributed by atoms with E-state index in [4.69, 9.17) is 0 Å². The zero-order chi connectivity index (χ0) is 21.0. The Morgan fingerprint density at radius 3 is 2.41 bits per heavy atom. The topological polar surface area (TPSA) is 69.7 Å². The van der Waals surface area contributed by atoms with Crippen molar-refractivity contribution in [3.63, 3.8) is 0 Å². The Labute approximate surface area is 173 Å². The second kappa shape index (κ2) is 8.97. The number of sulfonamides is 1. The number of anilines is 1. The summed E-state index contributed by atoms with van der Waals surface area (Å²) in [4.78, 5) is 17.2. The number of nitrogens with zero attached hydrogens (tertiary/aromatic N) is 2. The van der Waals surface area contributed by atoms with Crippen LogP contribution in [0.25, 0.3) is 0 Å². The number of benzene rings is 2. The Balaban J connectivity index is 1.70. The van der Waals surface area contributed by atoms with E-state index in [0.29, 0.717) is 31.6 Å². The van der Waals surface area contributed by atoms with Gasteiger partial charge in [-0.2, -0.15) is 0 Å². The van der Waals surface area contributed by atoms with E-state index in [0.717, 1.165) is 13.1 Å². The first-order valence-electron chi connectivity index (χ1n) is 10.0. The van der Waals surface area contributed by atoms with Crippen molar-refractivity contribution in [2.45, 2.75) is 32.1 Å². The van der Waals surface area contributed by atoms with Gasteiger partial charge in [0.15, 0.2) is 0 Å². The number of amides is 1. The van der Waals surface area contributed by atoms with Gasteiger partial charge in [0.2, 0.25) is 10.0 Å². The van der Waals surface area contributed by atoms with Gasteiger partial charge in [-0.15, -0.1) is 0 Å². The highest BCUT2D eigenvalue weighted by Gasteiger charge is 2.24. The highest BCUT2D eigenvalue weighted by atomic mass is 32.2. The molecule has 0 unspecified atom stereocenters. The van der Waals surface area contributed by atoms with Crippen molar-refractivity contribution in [2.75, 3.05) is 37.6 Å². The van der Waals surface area contributed by atoms with Gasteiger partial charge >= 0.3 is 0 Å². The fraction of sp³-hybridized carbons (Fsp3) is 0.409. The number of nitrogens with one attached hydrogen (secondary N) is 1. The van der Waals surface area contributed by atoms with Gasteiger partial charge in [0, 0.05) is 44.0 Å². The lowest BCUT2D eigenvalue weighted by Gasteiger charge is -2.37. The van der Waals surface area contributed by atoms with E-state index in [2.05, 4.69) is 41.7 Å². The van der Waals surface area contributed by atoms with Crippen LogP contribution in [-0.2, 0) is 10.0 Å². The standard InChI is InChI=1S/C22H29N3O3S/c1-4-11-23-29(27,28)20-9-6-8-19(16-20)22(26)25-14-12-24(13-15-25)21-10-5-7-17(2)18(21)3/h5-10,16,23H,4,11-15H2,1-3H3. The van der Waals surface area contributed by atoms with Crippen LogP contribution in [0.4, 0.5) is 5.69 Å². The molecule has 1 aliphatic heterocycles. The first kappa shape index (κ1) is 21.3. The SMILES string of the molecule is CCCNS(=O)(=O)c1cccc(C(=O)N2CCN(c3cccc(C)c3C)CC2)c1. The number of hydrogen-bond acceptors (Lipinski definition) is 4. The van der Waals surface area contributed by atoms with E-state index in [1.807, 2.05) is 6.92 Å². The third-order valence-electron chi connectivity index (χ3n) is 5.42. The zero-order valence-corrected chi connectivity index (χ0v) is 18.1. The second-order valence-electron chi connectivity index (χ2n) is 7.42. The predicted molar refractivity (Wildman–Crippen MR) is 116 cm³/mol. The molecule has 29 heavy (non-hydrogen) atoms. The zero-order valence-electron chi connectivity index (χ0n) is 17.3. The minimum Gasteiger partial charge on any atom is -0.368 e. The molecule has 0 atom stereocenters. The van der Waals surface area contributed by atoms with Crippen LogP contribution in [0.1, 0.15) is 34.8 Å². The van der Waals surface area contributed by atoms with Crippen LogP contribution >= 0.6 is 0 Å². The molecule has 7 heteroatoms. The molecule has 6 nitrogen and oxygen atoms in total. The molecule has 3 rings (SSSR count). The van der Waals surface area contributed by atoms with Gasteiger partial charge in [0.1, 0.15) is 0 Å². The number of rotatable bonds is 6. The summed E-state index contributed by atoms with van der Waals surface area (Å²) in [7, 11) is -3.59. The van der Waals surface area contributed by atoms with E-state index in [9.17, 15) is 13.2 Å². The molecule has 0 spiro atoms. The number of carbonyl (C=O) groups excluding carboxylic acids is 1. The summed E-state index contributed by atoms with van der Waals surface area (Å²) in [5.41, 5.74) is 4.15. The van der Waals surface area contributed by atoms with Gasteiger partial charge in [-0.1, -0.05) is 25.1 Å².